The van der Waals surface area contributed by atoms with E-state index in [0.29, 0.717) is 5.52 Å². The first kappa shape index (κ1) is 13.3. The van der Waals surface area contributed by atoms with E-state index in [-0.39, 0.29) is 11.4 Å². The van der Waals surface area contributed by atoms with E-state index in [9.17, 15) is 9.18 Å². The van der Waals surface area contributed by atoms with E-state index in [1.54, 1.807) is 24.3 Å². The summed E-state index contributed by atoms with van der Waals surface area (Å²) in [6.45, 7) is 3.67. The Hall–Kier alpha value is -2.69. The summed E-state index contributed by atoms with van der Waals surface area (Å²) in [7, 11) is 0. The highest BCUT2D eigenvalue weighted by Crippen LogP contribution is 2.24. The van der Waals surface area contributed by atoms with Crippen LogP contribution in [0.25, 0.3) is 16.7 Å². The van der Waals surface area contributed by atoms with Gasteiger partial charge in [-0.2, -0.15) is 0 Å². The number of halogens is 1. The smallest absolute Gasteiger partial charge is 0.335 e. The van der Waals surface area contributed by atoms with Crippen molar-refractivity contribution in [3.05, 3.63) is 59.2 Å². The zero-order valence-corrected chi connectivity index (χ0v) is 11.6. The molecule has 0 amide bonds. The van der Waals surface area contributed by atoms with Crippen LogP contribution in [0.4, 0.5) is 4.39 Å². The molecule has 21 heavy (non-hydrogen) atoms. The molecule has 0 fully saturated rings. The van der Waals surface area contributed by atoms with Gasteiger partial charge in [-0.25, -0.2) is 14.2 Å². The van der Waals surface area contributed by atoms with Gasteiger partial charge in [0.15, 0.2) is 0 Å². The number of carbonyl (C=O) groups is 1. The van der Waals surface area contributed by atoms with Gasteiger partial charge in [0, 0.05) is 0 Å². The van der Waals surface area contributed by atoms with Crippen molar-refractivity contribution in [2.24, 2.45) is 0 Å². The number of hydrogen-bond donors (Lipinski definition) is 1. The maximum atomic E-state index is 13.3. The summed E-state index contributed by atoms with van der Waals surface area (Å²) in [6, 6.07) is 9.37. The van der Waals surface area contributed by atoms with E-state index in [4.69, 9.17) is 5.11 Å². The topological polar surface area (TPSA) is 55.1 Å². The third-order valence-electron chi connectivity index (χ3n) is 3.47. The summed E-state index contributed by atoms with van der Waals surface area (Å²) in [5.41, 5.74) is 3.23. The molecule has 3 rings (SSSR count). The Bertz CT molecular complexity index is 868. The predicted octanol–water partition coefficient (Wildman–Crippen LogP) is 3.48. The Morgan fingerprint density at radius 3 is 2.62 bits per heavy atom. The van der Waals surface area contributed by atoms with Crippen molar-refractivity contribution in [1.29, 1.82) is 0 Å². The lowest BCUT2D eigenvalue weighted by atomic mass is 10.1. The molecule has 0 aliphatic rings. The number of carboxylic acid groups (broad SMARTS) is 1. The van der Waals surface area contributed by atoms with E-state index in [1.807, 2.05) is 18.4 Å². The second kappa shape index (κ2) is 4.70. The number of nitrogens with zero attached hydrogens (tertiary/aromatic N) is 2. The van der Waals surface area contributed by atoms with E-state index < -0.39 is 5.97 Å². The van der Waals surface area contributed by atoms with Gasteiger partial charge in [-0.15, -0.1) is 0 Å². The molecular weight excluding hydrogens is 271 g/mol. The lowest BCUT2D eigenvalue weighted by Crippen LogP contribution is -2.00. The van der Waals surface area contributed by atoms with Crippen LogP contribution < -0.4 is 0 Å². The first-order chi connectivity index (χ1) is 9.97. The van der Waals surface area contributed by atoms with Gasteiger partial charge in [0.1, 0.15) is 11.6 Å². The minimum Gasteiger partial charge on any atom is -0.478 e. The summed E-state index contributed by atoms with van der Waals surface area (Å²) in [5, 5.41) is 9.04. The maximum absolute atomic E-state index is 13.3. The Labute approximate surface area is 120 Å². The molecule has 0 saturated heterocycles. The minimum atomic E-state index is -0.984. The number of aromatic nitrogens is 2. The number of hydrogen-bond acceptors (Lipinski definition) is 2. The van der Waals surface area contributed by atoms with Crippen LogP contribution in [0.5, 0.6) is 0 Å². The van der Waals surface area contributed by atoms with Crippen LogP contribution in [-0.4, -0.2) is 20.6 Å². The van der Waals surface area contributed by atoms with Gasteiger partial charge >= 0.3 is 5.97 Å². The number of rotatable bonds is 2. The number of fused-ring (bicyclic) bond motifs is 1. The summed E-state index contributed by atoms with van der Waals surface area (Å²) in [5.74, 6) is -0.546. The predicted molar refractivity (Wildman–Crippen MR) is 77.5 cm³/mol. The van der Waals surface area contributed by atoms with Gasteiger partial charge in [0.2, 0.25) is 0 Å². The molecular formula is C16H13FN2O2. The lowest BCUT2D eigenvalue weighted by Gasteiger charge is -2.10. The Morgan fingerprint density at radius 2 is 1.95 bits per heavy atom. The Balaban J connectivity index is 2.27. The minimum absolute atomic E-state index is 0.197. The van der Waals surface area contributed by atoms with E-state index >= 15 is 0 Å². The molecule has 0 saturated carbocycles. The maximum Gasteiger partial charge on any atom is 0.335 e. The standard InChI is InChI=1S/C16H13FN2O2/c1-9-7-12(17)4-6-14(9)19-10(2)18-13-8-11(16(20)21)3-5-15(13)19/h3-8H,1-2H3,(H,20,21). The highest BCUT2D eigenvalue weighted by molar-refractivity contribution is 5.92. The molecule has 1 N–H and O–H groups in total. The summed E-state index contributed by atoms with van der Waals surface area (Å²) in [4.78, 5) is 15.4. The van der Waals surface area contributed by atoms with Crippen molar-refractivity contribution in [3.63, 3.8) is 0 Å². The van der Waals surface area contributed by atoms with Gasteiger partial charge in [-0.1, -0.05) is 0 Å². The highest BCUT2D eigenvalue weighted by atomic mass is 19.1. The first-order valence-electron chi connectivity index (χ1n) is 6.46. The number of carboxylic acids is 1. The van der Waals surface area contributed by atoms with Crippen molar-refractivity contribution in [1.82, 2.24) is 9.55 Å². The fraction of sp³-hybridized carbons (Fsp3) is 0.125. The molecule has 4 nitrogen and oxygen atoms in total. The average Bonchev–Trinajstić information content (AvgIpc) is 2.74. The molecule has 0 spiro atoms. The summed E-state index contributed by atoms with van der Waals surface area (Å²) >= 11 is 0. The summed E-state index contributed by atoms with van der Waals surface area (Å²) < 4.78 is 15.2. The van der Waals surface area contributed by atoms with E-state index in [0.717, 1.165) is 22.6 Å². The zero-order chi connectivity index (χ0) is 15.1. The number of benzene rings is 2. The van der Waals surface area contributed by atoms with Crippen LogP contribution in [0.2, 0.25) is 0 Å². The summed E-state index contributed by atoms with van der Waals surface area (Å²) in [6.07, 6.45) is 0. The van der Waals surface area contributed by atoms with Gasteiger partial charge < -0.3 is 5.11 Å². The molecule has 5 heteroatoms. The fourth-order valence-electron chi connectivity index (χ4n) is 2.51. The SMILES string of the molecule is Cc1cc(F)ccc1-n1c(C)nc2cc(C(=O)O)ccc21. The second-order valence-corrected chi connectivity index (χ2v) is 4.93. The number of imidazole rings is 1. The quantitative estimate of drug-likeness (QED) is 0.783. The van der Waals surface area contributed by atoms with Crippen LogP contribution >= 0.6 is 0 Å². The van der Waals surface area contributed by atoms with Crippen molar-refractivity contribution < 1.29 is 14.3 Å². The van der Waals surface area contributed by atoms with Crippen molar-refractivity contribution >= 4 is 17.0 Å². The monoisotopic (exact) mass is 284 g/mol. The largest absolute Gasteiger partial charge is 0.478 e. The lowest BCUT2D eigenvalue weighted by molar-refractivity contribution is 0.0697. The first-order valence-corrected chi connectivity index (χ1v) is 6.46. The van der Waals surface area contributed by atoms with Gasteiger partial charge in [-0.05, 0) is 55.8 Å². The molecule has 0 radical (unpaired) electrons. The second-order valence-electron chi connectivity index (χ2n) is 4.93. The van der Waals surface area contributed by atoms with Crippen LogP contribution in [-0.2, 0) is 0 Å². The molecule has 0 atom stereocenters. The van der Waals surface area contributed by atoms with Crippen LogP contribution in [0, 0.1) is 19.7 Å². The van der Waals surface area contributed by atoms with Crippen LogP contribution in [0.3, 0.4) is 0 Å². The molecule has 1 heterocycles. The third-order valence-corrected chi connectivity index (χ3v) is 3.47. The molecule has 0 aliphatic carbocycles. The Morgan fingerprint density at radius 1 is 1.19 bits per heavy atom. The van der Waals surface area contributed by atoms with Crippen molar-refractivity contribution in [2.75, 3.05) is 0 Å². The van der Waals surface area contributed by atoms with Gasteiger partial charge in [0.05, 0.1) is 22.3 Å². The van der Waals surface area contributed by atoms with Crippen LogP contribution in [0.15, 0.2) is 36.4 Å². The third kappa shape index (κ3) is 2.16. The number of aromatic carboxylic acids is 1. The van der Waals surface area contributed by atoms with E-state index in [2.05, 4.69) is 4.98 Å². The normalized spacial score (nSPS) is 11.0. The molecule has 0 aliphatic heterocycles. The molecule has 3 aromatic rings. The molecule has 106 valence electrons. The van der Waals surface area contributed by atoms with E-state index in [1.165, 1.54) is 12.1 Å². The Kier molecular flexibility index (Phi) is 2.97. The van der Waals surface area contributed by atoms with Crippen molar-refractivity contribution in [2.45, 2.75) is 13.8 Å². The average molecular weight is 284 g/mol. The molecule has 0 unspecified atom stereocenters. The van der Waals surface area contributed by atoms with Gasteiger partial charge in [0.25, 0.3) is 0 Å². The van der Waals surface area contributed by atoms with Crippen LogP contribution in [0.1, 0.15) is 21.7 Å². The highest BCUT2D eigenvalue weighted by Gasteiger charge is 2.13. The number of aryl methyl sites for hydroxylation is 2. The molecule has 0 bridgehead atoms. The molecule has 1 aromatic heterocycles. The fourth-order valence-corrected chi connectivity index (χ4v) is 2.51. The van der Waals surface area contributed by atoms with Crippen molar-refractivity contribution in [3.8, 4) is 5.69 Å². The zero-order valence-electron chi connectivity index (χ0n) is 11.6. The van der Waals surface area contributed by atoms with Gasteiger partial charge in [-0.3, -0.25) is 4.57 Å². The molecule has 2 aromatic carbocycles.